The number of likely N-dealkylation sites (tertiary alicyclic amines) is 1. The highest BCUT2D eigenvalue weighted by Gasteiger charge is 2.19. The Morgan fingerprint density at radius 1 is 1.29 bits per heavy atom. The highest BCUT2D eigenvalue weighted by molar-refractivity contribution is 6.34. The van der Waals surface area contributed by atoms with Crippen molar-refractivity contribution in [3.8, 4) is 0 Å². The second-order valence-electron chi connectivity index (χ2n) is 5.06. The Hall–Kier alpha value is -1.95. The topological polar surface area (TPSA) is 61.9 Å². The summed E-state index contributed by atoms with van der Waals surface area (Å²) in [4.78, 5) is 31.6. The van der Waals surface area contributed by atoms with E-state index in [0.717, 1.165) is 25.9 Å². The summed E-state index contributed by atoms with van der Waals surface area (Å²) in [5.74, 6) is -0.180. The molecule has 2 rings (SSSR count). The molecule has 2 amide bonds. The maximum Gasteiger partial charge on any atom is 0.434 e. The molecule has 7 heteroatoms. The molecule has 21 heavy (non-hydrogen) atoms. The number of anilines is 1. The highest BCUT2D eigenvalue weighted by atomic mass is 35.5. The Labute approximate surface area is 128 Å². The van der Waals surface area contributed by atoms with Crippen LogP contribution in [0.15, 0.2) is 18.2 Å². The van der Waals surface area contributed by atoms with Crippen LogP contribution < -0.4 is 5.48 Å². The first-order valence-electron chi connectivity index (χ1n) is 6.72. The standard InChI is InChI=1S/C14H18ClN3O3/c1-17(2)13(19)11-6-5-10(9-12(11)15)16-21-14(20)18-7-3-4-8-18/h5-6,9,16H,3-4,7-8H2,1-2H3. The molecule has 0 aromatic heterocycles. The predicted octanol–water partition coefficient (Wildman–Crippen LogP) is 2.60. The van der Waals surface area contributed by atoms with Crippen LogP contribution in [0.3, 0.4) is 0 Å². The Kier molecular flexibility index (Phi) is 4.90. The van der Waals surface area contributed by atoms with Gasteiger partial charge in [0, 0.05) is 27.2 Å². The van der Waals surface area contributed by atoms with Crippen molar-refractivity contribution in [2.24, 2.45) is 0 Å². The first-order valence-corrected chi connectivity index (χ1v) is 7.10. The van der Waals surface area contributed by atoms with Gasteiger partial charge in [-0.05, 0) is 31.0 Å². The van der Waals surface area contributed by atoms with E-state index < -0.39 is 6.09 Å². The molecule has 0 aliphatic carbocycles. The summed E-state index contributed by atoms with van der Waals surface area (Å²) in [7, 11) is 3.31. The lowest BCUT2D eigenvalue weighted by Gasteiger charge is -2.16. The zero-order chi connectivity index (χ0) is 15.4. The van der Waals surface area contributed by atoms with Crippen molar-refractivity contribution in [3.63, 3.8) is 0 Å². The molecular formula is C14H18ClN3O3. The number of carbonyl (C=O) groups is 2. The summed E-state index contributed by atoms with van der Waals surface area (Å²) in [6.45, 7) is 1.44. The molecule has 6 nitrogen and oxygen atoms in total. The van der Waals surface area contributed by atoms with E-state index in [2.05, 4.69) is 5.48 Å². The Morgan fingerprint density at radius 3 is 2.52 bits per heavy atom. The highest BCUT2D eigenvalue weighted by Crippen LogP contribution is 2.22. The number of amides is 2. The van der Waals surface area contributed by atoms with Crippen molar-refractivity contribution in [2.75, 3.05) is 32.7 Å². The van der Waals surface area contributed by atoms with Crippen LogP contribution in [0.4, 0.5) is 10.5 Å². The smallest absolute Gasteiger partial charge is 0.345 e. The normalized spacial score (nSPS) is 14.0. The van der Waals surface area contributed by atoms with Gasteiger partial charge in [0.25, 0.3) is 5.91 Å². The second kappa shape index (κ2) is 6.67. The Bertz CT molecular complexity index is 542. The van der Waals surface area contributed by atoms with E-state index in [-0.39, 0.29) is 5.91 Å². The molecule has 0 unspecified atom stereocenters. The quantitative estimate of drug-likeness (QED) is 0.872. The van der Waals surface area contributed by atoms with Gasteiger partial charge in [-0.2, -0.15) is 0 Å². The molecular weight excluding hydrogens is 294 g/mol. The van der Waals surface area contributed by atoms with Crippen molar-refractivity contribution in [1.82, 2.24) is 9.80 Å². The monoisotopic (exact) mass is 311 g/mol. The molecule has 0 spiro atoms. The van der Waals surface area contributed by atoms with Gasteiger partial charge >= 0.3 is 6.09 Å². The number of hydrogen-bond acceptors (Lipinski definition) is 4. The molecule has 0 radical (unpaired) electrons. The van der Waals surface area contributed by atoms with Crippen LogP contribution >= 0.6 is 11.6 Å². The van der Waals surface area contributed by atoms with Gasteiger partial charge in [-0.1, -0.05) is 11.6 Å². The van der Waals surface area contributed by atoms with E-state index in [4.69, 9.17) is 16.4 Å². The molecule has 1 aliphatic rings. The summed E-state index contributed by atoms with van der Waals surface area (Å²) >= 11 is 6.07. The lowest BCUT2D eigenvalue weighted by Crippen LogP contribution is -2.30. The van der Waals surface area contributed by atoms with E-state index in [1.807, 2.05) is 0 Å². The van der Waals surface area contributed by atoms with Gasteiger partial charge in [-0.3, -0.25) is 4.79 Å². The minimum absolute atomic E-state index is 0.180. The Balaban J connectivity index is 1.97. The maximum absolute atomic E-state index is 11.8. The summed E-state index contributed by atoms with van der Waals surface area (Å²) < 4.78 is 0. The largest absolute Gasteiger partial charge is 0.434 e. The number of rotatable bonds is 3. The number of halogens is 1. The first-order chi connectivity index (χ1) is 9.99. The van der Waals surface area contributed by atoms with Crippen LogP contribution in [0.1, 0.15) is 23.2 Å². The first kappa shape index (κ1) is 15.4. The summed E-state index contributed by atoms with van der Waals surface area (Å²) in [6, 6.07) is 4.78. The van der Waals surface area contributed by atoms with Gasteiger partial charge < -0.3 is 14.6 Å². The minimum atomic E-state index is -0.405. The van der Waals surface area contributed by atoms with Crippen LogP contribution in [-0.2, 0) is 4.84 Å². The average Bonchev–Trinajstić information content (AvgIpc) is 2.98. The number of hydrogen-bond donors (Lipinski definition) is 1. The zero-order valence-corrected chi connectivity index (χ0v) is 12.8. The number of carbonyl (C=O) groups excluding carboxylic acids is 2. The van der Waals surface area contributed by atoms with Gasteiger partial charge in [0.05, 0.1) is 16.3 Å². The molecule has 1 aliphatic heterocycles. The molecule has 1 heterocycles. The lowest BCUT2D eigenvalue weighted by atomic mass is 10.2. The van der Waals surface area contributed by atoms with Crippen LogP contribution in [0, 0.1) is 0 Å². The third-order valence-corrected chi connectivity index (χ3v) is 3.54. The molecule has 0 bridgehead atoms. The van der Waals surface area contributed by atoms with Crippen molar-refractivity contribution < 1.29 is 14.4 Å². The van der Waals surface area contributed by atoms with E-state index in [1.165, 1.54) is 4.90 Å². The van der Waals surface area contributed by atoms with E-state index in [0.29, 0.717) is 16.3 Å². The molecule has 0 saturated carbocycles. The van der Waals surface area contributed by atoms with Crippen molar-refractivity contribution in [1.29, 1.82) is 0 Å². The minimum Gasteiger partial charge on any atom is -0.345 e. The van der Waals surface area contributed by atoms with Crippen molar-refractivity contribution in [2.45, 2.75) is 12.8 Å². The third kappa shape index (κ3) is 3.78. The van der Waals surface area contributed by atoms with E-state index in [9.17, 15) is 9.59 Å². The van der Waals surface area contributed by atoms with Crippen LogP contribution in [0.25, 0.3) is 0 Å². The van der Waals surface area contributed by atoms with Crippen LogP contribution in [-0.4, -0.2) is 49.0 Å². The van der Waals surface area contributed by atoms with Crippen molar-refractivity contribution in [3.05, 3.63) is 28.8 Å². The number of benzene rings is 1. The van der Waals surface area contributed by atoms with Crippen molar-refractivity contribution >= 4 is 29.3 Å². The molecule has 1 N–H and O–H groups in total. The summed E-state index contributed by atoms with van der Waals surface area (Å²) in [5, 5.41) is 0.302. The predicted molar refractivity (Wildman–Crippen MR) is 80.4 cm³/mol. The van der Waals surface area contributed by atoms with Gasteiger partial charge in [0.2, 0.25) is 0 Å². The number of nitrogens with zero attached hydrogens (tertiary/aromatic N) is 2. The van der Waals surface area contributed by atoms with Gasteiger partial charge in [0.1, 0.15) is 0 Å². The Morgan fingerprint density at radius 2 is 1.95 bits per heavy atom. The van der Waals surface area contributed by atoms with Gasteiger partial charge in [0.15, 0.2) is 0 Å². The molecule has 0 atom stereocenters. The van der Waals surface area contributed by atoms with Gasteiger partial charge in [-0.25, -0.2) is 10.3 Å². The SMILES string of the molecule is CN(C)C(=O)c1ccc(NOC(=O)N2CCCC2)cc1Cl. The molecule has 1 aromatic rings. The molecule has 1 saturated heterocycles. The van der Waals surface area contributed by atoms with Crippen LogP contribution in [0.5, 0.6) is 0 Å². The van der Waals surface area contributed by atoms with Gasteiger partial charge in [-0.15, -0.1) is 0 Å². The average molecular weight is 312 g/mol. The van der Waals surface area contributed by atoms with Crippen LogP contribution in [0.2, 0.25) is 5.02 Å². The van der Waals surface area contributed by atoms with E-state index >= 15 is 0 Å². The third-order valence-electron chi connectivity index (χ3n) is 3.23. The van der Waals surface area contributed by atoms with E-state index in [1.54, 1.807) is 37.2 Å². The zero-order valence-electron chi connectivity index (χ0n) is 12.1. The lowest BCUT2D eigenvalue weighted by molar-refractivity contribution is 0.0827. The fraction of sp³-hybridized carbons (Fsp3) is 0.429. The molecule has 1 aromatic carbocycles. The fourth-order valence-corrected chi connectivity index (χ4v) is 2.32. The maximum atomic E-state index is 11.8. The molecule has 114 valence electrons. The molecule has 1 fully saturated rings. The number of nitrogens with one attached hydrogen (secondary N) is 1. The fourth-order valence-electron chi connectivity index (χ4n) is 2.06. The summed E-state index contributed by atoms with van der Waals surface area (Å²) in [6.07, 6.45) is 1.60. The second-order valence-corrected chi connectivity index (χ2v) is 5.47. The summed E-state index contributed by atoms with van der Waals surface area (Å²) in [5.41, 5.74) is 3.47.